The van der Waals surface area contributed by atoms with Crippen molar-refractivity contribution in [1.82, 2.24) is 15.1 Å². The quantitative estimate of drug-likeness (QED) is 0.610. The van der Waals surface area contributed by atoms with E-state index in [1.165, 1.54) is 5.56 Å². The van der Waals surface area contributed by atoms with Crippen LogP contribution < -0.4 is 10.1 Å². The molecular weight excluding hydrogens is 328 g/mol. The fourth-order valence-electron chi connectivity index (χ4n) is 3.52. The summed E-state index contributed by atoms with van der Waals surface area (Å²) in [6, 6.07) is 14.9. The van der Waals surface area contributed by atoms with Crippen LogP contribution in [0.4, 0.5) is 5.69 Å². The van der Waals surface area contributed by atoms with Crippen LogP contribution in [0.3, 0.4) is 0 Å². The molecule has 6 nitrogen and oxygen atoms in total. The maximum Gasteiger partial charge on any atom is 0.119 e. The molecule has 0 spiro atoms. The summed E-state index contributed by atoms with van der Waals surface area (Å²) >= 11 is 0. The van der Waals surface area contributed by atoms with E-state index in [1.54, 1.807) is 0 Å². The van der Waals surface area contributed by atoms with E-state index in [0.717, 1.165) is 48.4 Å². The van der Waals surface area contributed by atoms with Gasteiger partial charge in [-0.05, 0) is 42.3 Å². The molecule has 1 aliphatic heterocycles. The number of H-pyrrole nitrogens is 1. The van der Waals surface area contributed by atoms with E-state index < -0.39 is 0 Å². The summed E-state index contributed by atoms with van der Waals surface area (Å²) in [7, 11) is 0. The minimum absolute atomic E-state index is 0.0360. The number of aromatic amines is 1. The number of hydrogen-bond donors (Lipinski definition) is 3. The molecule has 0 aliphatic carbocycles. The predicted octanol–water partition coefficient (Wildman–Crippen LogP) is 2.62. The lowest BCUT2D eigenvalue weighted by atomic mass is 10.2. The van der Waals surface area contributed by atoms with Gasteiger partial charge < -0.3 is 15.2 Å². The summed E-state index contributed by atoms with van der Waals surface area (Å²) in [4.78, 5) is 2.46. The summed E-state index contributed by atoms with van der Waals surface area (Å²) in [6.07, 6.45) is 2.98. The number of nitrogens with zero attached hydrogens (tertiary/aromatic N) is 2. The Bertz CT molecular complexity index is 864. The summed E-state index contributed by atoms with van der Waals surface area (Å²) < 4.78 is 5.50. The van der Waals surface area contributed by atoms with Gasteiger partial charge in [0.1, 0.15) is 12.4 Å². The number of likely N-dealkylation sites (tertiary alicyclic amines) is 1. The van der Waals surface area contributed by atoms with Gasteiger partial charge in [0.05, 0.1) is 18.3 Å². The number of ether oxygens (including phenoxy) is 1. The van der Waals surface area contributed by atoms with E-state index in [0.29, 0.717) is 12.6 Å². The molecule has 4 rings (SSSR count). The highest BCUT2D eigenvalue weighted by molar-refractivity contribution is 5.81. The molecule has 0 radical (unpaired) electrons. The summed E-state index contributed by atoms with van der Waals surface area (Å²) in [6.45, 7) is 3.38. The second-order valence-electron chi connectivity index (χ2n) is 6.76. The lowest BCUT2D eigenvalue weighted by Crippen LogP contribution is -2.25. The van der Waals surface area contributed by atoms with Crippen molar-refractivity contribution >= 4 is 16.6 Å². The van der Waals surface area contributed by atoms with Crippen LogP contribution in [0.25, 0.3) is 10.9 Å². The Morgan fingerprint density at radius 3 is 3.15 bits per heavy atom. The van der Waals surface area contributed by atoms with Crippen LogP contribution in [-0.4, -0.2) is 52.5 Å². The van der Waals surface area contributed by atoms with Crippen molar-refractivity contribution in [1.29, 1.82) is 0 Å². The fourth-order valence-corrected chi connectivity index (χ4v) is 3.52. The number of rotatable bonds is 7. The first-order valence-electron chi connectivity index (χ1n) is 9.05. The molecule has 1 aliphatic rings. The Balaban J connectivity index is 1.33. The van der Waals surface area contributed by atoms with E-state index in [9.17, 15) is 0 Å². The third-order valence-corrected chi connectivity index (χ3v) is 4.75. The third-order valence-electron chi connectivity index (χ3n) is 4.75. The van der Waals surface area contributed by atoms with Crippen LogP contribution in [-0.2, 0) is 6.54 Å². The number of aliphatic hydroxyl groups excluding tert-OH is 1. The number of nitrogens with one attached hydrogen (secondary N) is 2. The molecule has 1 atom stereocenters. The van der Waals surface area contributed by atoms with Gasteiger partial charge in [0.15, 0.2) is 0 Å². The van der Waals surface area contributed by atoms with Gasteiger partial charge >= 0.3 is 0 Å². The van der Waals surface area contributed by atoms with Crippen LogP contribution in [0, 0.1) is 0 Å². The topological polar surface area (TPSA) is 73.4 Å². The van der Waals surface area contributed by atoms with Gasteiger partial charge in [0.2, 0.25) is 0 Å². The number of aliphatic hydroxyl groups is 1. The monoisotopic (exact) mass is 352 g/mol. The first kappa shape index (κ1) is 16.9. The maximum absolute atomic E-state index is 8.88. The number of anilines is 1. The van der Waals surface area contributed by atoms with E-state index in [4.69, 9.17) is 9.84 Å². The smallest absolute Gasteiger partial charge is 0.119 e. The zero-order chi connectivity index (χ0) is 17.8. The van der Waals surface area contributed by atoms with E-state index >= 15 is 0 Å². The normalized spacial score (nSPS) is 17.7. The second kappa shape index (κ2) is 7.76. The Labute approximate surface area is 152 Å². The standard InChI is InChI=1S/C20H24N4O2/c25-8-9-26-19-3-1-2-15(10-19)13-24-7-6-18(14-24)22-17-4-5-20-16(11-17)12-21-23-20/h1-5,10-12,18,22,25H,6-9,13-14H2,(H,21,23)/t18-/m0/s1. The minimum Gasteiger partial charge on any atom is -0.491 e. The first-order chi connectivity index (χ1) is 12.8. The molecule has 0 unspecified atom stereocenters. The van der Waals surface area contributed by atoms with Gasteiger partial charge in [0.25, 0.3) is 0 Å². The average molecular weight is 352 g/mol. The summed E-state index contributed by atoms with van der Waals surface area (Å²) in [5, 5.41) is 20.7. The molecule has 3 aromatic rings. The van der Waals surface area contributed by atoms with Crippen LogP contribution >= 0.6 is 0 Å². The molecule has 1 fully saturated rings. The maximum atomic E-state index is 8.88. The number of fused-ring (bicyclic) bond motifs is 1. The van der Waals surface area contributed by atoms with Crippen LogP contribution in [0.1, 0.15) is 12.0 Å². The second-order valence-corrected chi connectivity index (χ2v) is 6.76. The van der Waals surface area contributed by atoms with Crippen molar-refractivity contribution in [2.24, 2.45) is 0 Å². The third kappa shape index (κ3) is 3.98. The fraction of sp³-hybridized carbons (Fsp3) is 0.350. The summed E-state index contributed by atoms with van der Waals surface area (Å²) in [5.41, 5.74) is 3.44. The first-order valence-corrected chi connectivity index (χ1v) is 9.05. The van der Waals surface area contributed by atoms with Crippen LogP contribution in [0.5, 0.6) is 5.75 Å². The zero-order valence-electron chi connectivity index (χ0n) is 14.7. The van der Waals surface area contributed by atoms with Gasteiger partial charge in [-0.25, -0.2) is 0 Å². The Morgan fingerprint density at radius 1 is 1.27 bits per heavy atom. The molecule has 6 heteroatoms. The summed E-state index contributed by atoms with van der Waals surface area (Å²) in [5.74, 6) is 0.818. The number of benzene rings is 2. The van der Waals surface area contributed by atoms with E-state index in [-0.39, 0.29) is 6.61 Å². The minimum atomic E-state index is 0.0360. The van der Waals surface area contributed by atoms with Crippen molar-refractivity contribution in [3.8, 4) is 5.75 Å². The van der Waals surface area contributed by atoms with Gasteiger partial charge in [-0.15, -0.1) is 0 Å². The average Bonchev–Trinajstić information content (AvgIpc) is 3.29. The predicted molar refractivity (Wildman–Crippen MR) is 102 cm³/mol. The molecule has 0 bridgehead atoms. The van der Waals surface area contributed by atoms with Gasteiger partial charge in [-0.1, -0.05) is 12.1 Å². The highest BCUT2D eigenvalue weighted by Gasteiger charge is 2.22. The van der Waals surface area contributed by atoms with Crippen LogP contribution in [0.2, 0.25) is 0 Å². The molecule has 26 heavy (non-hydrogen) atoms. The van der Waals surface area contributed by atoms with Crippen molar-refractivity contribution in [3.63, 3.8) is 0 Å². The van der Waals surface area contributed by atoms with Gasteiger partial charge in [-0.3, -0.25) is 10.00 Å². The molecule has 0 saturated carbocycles. The highest BCUT2D eigenvalue weighted by Crippen LogP contribution is 2.22. The van der Waals surface area contributed by atoms with Crippen molar-refractivity contribution in [3.05, 3.63) is 54.2 Å². The largest absolute Gasteiger partial charge is 0.491 e. The van der Waals surface area contributed by atoms with Crippen molar-refractivity contribution in [2.45, 2.75) is 19.0 Å². The number of hydrogen-bond acceptors (Lipinski definition) is 5. The SMILES string of the molecule is OCCOc1cccc(CN2CC[C@H](Nc3ccc4[nH]ncc4c3)C2)c1. The zero-order valence-corrected chi connectivity index (χ0v) is 14.7. The lowest BCUT2D eigenvalue weighted by Gasteiger charge is -2.18. The molecular formula is C20H24N4O2. The van der Waals surface area contributed by atoms with Crippen molar-refractivity contribution < 1.29 is 9.84 Å². The number of aromatic nitrogens is 2. The Hall–Kier alpha value is -2.57. The molecule has 1 aromatic heterocycles. The molecule has 1 saturated heterocycles. The Kier molecular flexibility index (Phi) is 5.04. The highest BCUT2D eigenvalue weighted by atomic mass is 16.5. The van der Waals surface area contributed by atoms with Crippen LogP contribution in [0.15, 0.2) is 48.7 Å². The molecule has 0 amide bonds. The Morgan fingerprint density at radius 2 is 2.23 bits per heavy atom. The molecule has 2 heterocycles. The van der Waals surface area contributed by atoms with E-state index in [1.807, 2.05) is 18.3 Å². The lowest BCUT2D eigenvalue weighted by molar-refractivity contribution is 0.201. The van der Waals surface area contributed by atoms with Gasteiger partial charge in [-0.2, -0.15) is 5.10 Å². The molecule has 2 aromatic carbocycles. The van der Waals surface area contributed by atoms with Gasteiger partial charge in [0, 0.05) is 36.7 Å². The molecule has 3 N–H and O–H groups in total. The van der Waals surface area contributed by atoms with E-state index in [2.05, 4.69) is 50.7 Å². The molecule has 136 valence electrons. The van der Waals surface area contributed by atoms with Crippen molar-refractivity contribution in [2.75, 3.05) is 31.6 Å².